The van der Waals surface area contributed by atoms with E-state index in [1.165, 1.54) is 0 Å². The van der Waals surface area contributed by atoms with Crippen molar-refractivity contribution in [2.45, 2.75) is 19.4 Å². The van der Waals surface area contributed by atoms with E-state index in [0.717, 1.165) is 0 Å². The second kappa shape index (κ2) is 5.63. The predicted molar refractivity (Wildman–Crippen MR) is 75.1 cm³/mol. The van der Waals surface area contributed by atoms with E-state index in [-0.39, 0.29) is 24.3 Å². The van der Waals surface area contributed by atoms with Crippen LogP contribution in [0.5, 0.6) is 0 Å². The molecule has 108 valence electrons. The van der Waals surface area contributed by atoms with Gasteiger partial charge in [0, 0.05) is 5.56 Å². The second-order valence-electron chi connectivity index (χ2n) is 5.56. The average molecular weight is 276 g/mol. The molecule has 2 N–H and O–H groups in total. The molecule has 0 atom stereocenters. The van der Waals surface area contributed by atoms with E-state index in [2.05, 4.69) is 5.32 Å². The van der Waals surface area contributed by atoms with Crippen LogP contribution in [0.2, 0.25) is 0 Å². The van der Waals surface area contributed by atoms with Crippen molar-refractivity contribution in [3.8, 4) is 0 Å². The van der Waals surface area contributed by atoms with Gasteiger partial charge in [0.25, 0.3) is 5.91 Å². The molecule has 1 fully saturated rings. The highest BCUT2D eigenvalue weighted by molar-refractivity contribution is 5.96. The van der Waals surface area contributed by atoms with E-state index < -0.39 is 5.60 Å². The van der Waals surface area contributed by atoms with Crippen LogP contribution in [0.25, 0.3) is 0 Å². The molecule has 1 heterocycles. The SMILES string of the molecule is CC(C)C1(O)CN(C(=O)CNC(=O)c2ccccc2)C1. The van der Waals surface area contributed by atoms with E-state index in [1.807, 2.05) is 19.9 Å². The molecule has 1 aromatic carbocycles. The van der Waals surface area contributed by atoms with Crippen LogP contribution in [-0.4, -0.2) is 47.1 Å². The van der Waals surface area contributed by atoms with Crippen LogP contribution < -0.4 is 5.32 Å². The fourth-order valence-corrected chi connectivity index (χ4v) is 2.12. The number of carbonyl (C=O) groups is 2. The Hall–Kier alpha value is -1.88. The summed E-state index contributed by atoms with van der Waals surface area (Å²) in [6.07, 6.45) is 0. The summed E-state index contributed by atoms with van der Waals surface area (Å²) in [5, 5.41) is 12.7. The molecule has 0 saturated carbocycles. The highest BCUT2D eigenvalue weighted by atomic mass is 16.3. The van der Waals surface area contributed by atoms with Gasteiger partial charge in [0.15, 0.2) is 0 Å². The minimum atomic E-state index is -0.779. The molecule has 5 heteroatoms. The van der Waals surface area contributed by atoms with Crippen molar-refractivity contribution in [1.29, 1.82) is 0 Å². The first-order valence-electron chi connectivity index (χ1n) is 6.76. The molecule has 2 amide bonds. The lowest BCUT2D eigenvalue weighted by atomic mass is 9.83. The lowest BCUT2D eigenvalue weighted by Gasteiger charge is -2.49. The monoisotopic (exact) mass is 276 g/mol. The zero-order chi connectivity index (χ0) is 14.8. The maximum Gasteiger partial charge on any atom is 0.251 e. The molecule has 1 saturated heterocycles. The number of hydrogen-bond donors (Lipinski definition) is 2. The Balaban J connectivity index is 1.79. The van der Waals surface area contributed by atoms with Crippen LogP contribution in [0.3, 0.4) is 0 Å². The first kappa shape index (κ1) is 14.5. The van der Waals surface area contributed by atoms with Gasteiger partial charge >= 0.3 is 0 Å². The molecule has 2 rings (SSSR count). The minimum Gasteiger partial charge on any atom is -0.386 e. The molecular formula is C15H20N2O3. The van der Waals surface area contributed by atoms with Crippen molar-refractivity contribution in [2.75, 3.05) is 19.6 Å². The standard InChI is InChI=1S/C15H20N2O3/c1-11(2)15(20)9-17(10-15)13(18)8-16-14(19)12-6-4-3-5-7-12/h3-7,11,20H,8-10H2,1-2H3,(H,16,19). The summed E-state index contributed by atoms with van der Waals surface area (Å²) in [6.45, 7) is 4.50. The van der Waals surface area contributed by atoms with Gasteiger partial charge < -0.3 is 15.3 Å². The van der Waals surface area contributed by atoms with E-state index in [4.69, 9.17) is 0 Å². The summed E-state index contributed by atoms with van der Waals surface area (Å²) in [5.41, 5.74) is -0.248. The van der Waals surface area contributed by atoms with Crippen molar-refractivity contribution < 1.29 is 14.7 Å². The molecule has 0 bridgehead atoms. The number of amides is 2. The molecular weight excluding hydrogens is 256 g/mol. The zero-order valence-corrected chi connectivity index (χ0v) is 11.8. The molecule has 0 spiro atoms. The zero-order valence-electron chi connectivity index (χ0n) is 11.8. The summed E-state index contributed by atoms with van der Waals surface area (Å²) < 4.78 is 0. The minimum absolute atomic E-state index is 0.0398. The fraction of sp³-hybridized carbons (Fsp3) is 0.467. The number of carbonyl (C=O) groups excluding carboxylic acids is 2. The Kier molecular flexibility index (Phi) is 4.09. The van der Waals surface area contributed by atoms with Crippen LogP contribution in [0.15, 0.2) is 30.3 Å². The van der Waals surface area contributed by atoms with Crippen molar-refractivity contribution in [1.82, 2.24) is 10.2 Å². The van der Waals surface area contributed by atoms with Crippen molar-refractivity contribution >= 4 is 11.8 Å². The number of β-amino-alcohol motifs (C(OH)–C–C–N with tert-alkyl or cyclic N) is 1. The fourth-order valence-electron chi connectivity index (χ4n) is 2.12. The quantitative estimate of drug-likeness (QED) is 0.848. The van der Waals surface area contributed by atoms with Crippen molar-refractivity contribution in [3.05, 3.63) is 35.9 Å². The molecule has 0 aromatic heterocycles. The van der Waals surface area contributed by atoms with Gasteiger partial charge in [-0.2, -0.15) is 0 Å². The first-order valence-corrected chi connectivity index (χ1v) is 6.76. The Labute approximate surface area is 118 Å². The third-order valence-electron chi connectivity index (χ3n) is 3.79. The number of nitrogens with one attached hydrogen (secondary N) is 1. The van der Waals surface area contributed by atoms with Crippen LogP contribution in [0.1, 0.15) is 24.2 Å². The number of benzene rings is 1. The molecule has 1 aliphatic rings. The first-order chi connectivity index (χ1) is 9.42. The highest BCUT2D eigenvalue weighted by Gasteiger charge is 2.45. The summed E-state index contributed by atoms with van der Waals surface area (Å²) in [7, 11) is 0. The average Bonchev–Trinajstić information content (AvgIpc) is 2.41. The van der Waals surface area contributed by atoms with Crippen LogP contribution >= 0.6 is 0 Å². The number of aliphatic hydroxyl groups is 1. The van der Waals surface area contributed by atoms with Gasteiger partial charge in [-0.1, -0.05) is 32.0 Å². The van der Waals surface area contributed by atoms with Crippen molar-refractivity contribution in [3.63, 3.8) is 0 Å². The normalized spacial score (nSPS) is 16.7. The van der Waals surface area contributed by atoms with Gasteiger partial charge in [0.1, 0.15) is 5.60 Å². The number of likely N-dealkylation sites (tertiary alicyclic amines) is 1. The Morgan fingerprint density at radius 1 is 1.30 bits per heavy atom. The molecule has 1 aliphatic heterocycles. The Morgan fingerprint density at radius 3 is 2.45 bits per heavy atom. The van der Waals surface area contributed by atoms with Gasteiger partial charge in [0.05, 0.1) is 19.6 Å². The summed E-state index contributed by atoms with van der Waals surface area (Å²) in [4.78, 5) is 25.2. The van der Waals surface area contributed by atoms with Crippen LogP contribution in [0, 0.1) is 5.92 Å². The third kappa shape index (κ3) is 2.99. The number of nitrogens with zero attached hydrogens (tertiary/aromatic N) is 1. The molecule has 0 unspecified atom stereocenters. The van der Waals surface area contributed by atoms with Crippen LogP contribution in [0.4, 0.5) is 0 Å². The highest BCUT2D eigenvalue weighted by Crippen LogP contribution is 2.28. The largest absolute Gasteiger partial charge is 0.386 e. The molecule has 1 aromatic rings. The Bertz CT molecular complexity index is 493. The van der Waals surface area contributed by atoms with Gasteiger partial charge in [-0.25, -0.2) is 0 Å². The van der Waals surface area contributed by atoms with Gasteiger partial charge in [-0.15, -0.1) is 0 Å². The lowest BCUT2D eigenvalue weighted by Crippen LogP contribution is -2.67. The molecule has 5 nitrogen and oxygen atoms in total. The van der Waals surface area contributed by atoms with E-state index in [9.17, 15) is 14.7 Å². The smallest absolute Gasteiger partial charge is 0.251 e. The van der Waals surface area contributed by atoms with Gasteiger partial charge in [0.2, 0.25) is 5.91 Å². The van der Waals surface area contributed by atoms with Crippen LogP contribution in [-0.2, 0) is 4.79 Å². The maximum atomic E-state index is 11.9. The summed E-state index contributed by atoms with van der Waals surface area (Å²) in [6, 6.07) is 8.76. The topological polar surface area (TPSA) is 69.6 Å². The summed E-state index contributed by atoms with van der Waals surface area (Å²) >= 11 is 0. The third-order valence-corrected chi connectivity index (χ3v) is 3.79. The second-order valence-corrected chi connectivity index (χ2v) is 5.56. The van der Waals surface area contributed by atoms with Gasteiger partial charge in [-0.05, 0) is 18.1 Å². The summed E-state index contributed by atoms with van der Waals surface area (Å²) in [5.74, 6) is -0.316. The maximum absolute atomic E-state index is 11.9. The van der Waals surface area contributed by atoms with E-state index >= 15 is 0 Å². The molecule has 0 radical (unpaired) electrons. The number of rotatable bonds is 4. The van der Waals surface area contributed by atoms with E-state index in [0.29, 0.717) is 18.7 Å². The Morgan fingerprint density at radius 2 is 1.90 bits per heavy atom. The number of hydrogen-bond acceptors (Lipinski definition) is 3. The predicted octanol–water partition coefficient (Wildman–Crippen LogP) is 0.646. The van der Waals surface area contributed by atoms with Crippen molar-refractivity contribution in [2.24, 2.45) is 5.92 Å². The molecule has 20 heavy (non-hydrogen) atoms. The van der Waals surface area contributed by atoms with Gasteiger partial charge in [-0.3, -0.25) is 9.59 Å². The lowest BCUT2D eigenvalue weighted by molar-refractivity contribution is -0.162. The van der Waals surface area contributed by atoms with E-state index in [1.54, 1.807) is 29.2 Å². The molecule has 0 aliphatic carbocycles.